The van der Waals surface area contributed by atoms with Gasteiger partial charge in [0.2, 0.25) is 0 Å². The molecule has 1 unspecified atom stereocenters. The summed E-state index contributed by atoms with van der Waals surface area (Å²) in [6.45, 7) is 0.0499. The third kappa shape index (κ3) is 2.97. The van der Waals surface area contributed by atoms with Gasteiger partial charge in [-0.3, -0.25) is 0 Å². The van der Waals surface area contributed by atoms with Crippen LogP contribution in [0.15, 0.2) is 42.5 Å². The van der Waals surface area contributed by atoms with E-state index in [0.29, 0.717) is 5.75 Å². The lowest BCUT2D eigenvalue weighted by atomic mass is 10.1. The lowest BCUT2D eigenvalue weighted by molar-refractivity contribution is 0.368. The fourth-order valence-electron chi connectivity index (χ4n) is 2.70. The molecule has 0 saturated heterocycles. The van der Waals surface area contributed by atoms with Gasteiger partial charge in [0.05, 0.1) is 6.04 Å². The van der Waals surface area contributed by atoms with E-state index in [1.165, 1.54) is 11.6 Å². The first kappa shape index (κ1) is 13.4. The number of nitrogens with one attached hydrogen (secondary N) is 1. The molecule has 3 rings (SSSR count). The second-order valence-electron chi connectivity index (χ2n) is 5.05. The van der Waals surface area contributed by atoms with Crippen LogP contribution in [0, 0.1) is 17.1 Å². The molecule has 2 aromatic carbocycles. The number of halogens is 1. The van der Waals surface area contributed by atoms with E-state index in [-0.39, 0.29) is 18.5 Å². The monoisotopic (exact) mass is 282 g/mol. The normalized spacial score (nSPS) is 16.1. The first-order valence-electron chi connectivity index (χ1n) is 6.91. The Morgan fingerprint density at radius 1 is 1.24 bits per heavy atom. The summed E-state index contributed by atoms with van der Waals surface area (Å²) in [5.41, 5.74) is 3.24. The van der Waals surface area contributed by atoms with Crippen molar-refractivity contribution in [2.75, 3.05) is 11.9 Å². The zero-order valence-electron chi connectivity index (χ0n) is 11.5. The van der Waals surface area contributed by atoms with Gasteiger partial charge in [0.25, 0.3) is 0 Å². The van der Waals surface area contributed by atoms with Crippen LogP contribution in [-0.2, 0) is 6.42 Å². The predicted molar refractivity (Wildman–Crippen MR) is 78.6 cm³/mol. The maximum atomic E-state index is 13.2. The number of hydrogen-bond acceptors (Lipinski definition) is 3. The smallest absolute Gasteiger partial charge is 0.174 e. The van der Waals surface area contributed by atoms with E-state index in [4.69, 9.17) is 10.00 Å². The van der Waals surface area contributed by atoms with Crippen LogP contribution in [0.1, 0.15) is 23.6 Å². The average molecular weight is 282 g/mol. The molecule has 4 heteroatoms. The van der Waals surface area contributed by atoms with E-state index in [0.717, 1.165) is 24.1 Å². The van der Waals surface area contributed by atoms with Crippen molar-refractivity contribution in [3.05, 3.63) is 59.4 Å². The zero-order chi connectivity index (χ0) is 14.7. The summed E-state index contributed by atoms with van der Waals surface area (Å²) in [5.74, 6) is 0.504. The van der Waals surface area contributed by atoms with Crippen molar-refractivity contribution in [1.82, 2.24) is 0 Å². The van der Waals surface area contributed by atoms with Gasteiger partial charge < -0.3 is 10.1 Å². The van der Waals surface area contributed by atoms with Crippen molar-refractivity contribution in [3.8, 4) is 11.8 Å². The van der Waals surface area contributed by atoms with Crippen molar-refractivity contribution < 1.29 is 9.13 Å². The van der Waals surface area contributed by atoms with Crippen LogP contribution in [0.4, 0.5) is 10.1 Å². The largest absolute Gasteiger partial charge is 0.479 e. The number of hydrogen-bond donors (Lipinski definition) is 1. The standard InChI is InChI=1S/C17H15FN2O/c18-13-2-7-16-12(11-13)1-8-17(16)20-14-3-5-15(6-4-14)21-10-9-19/h2-7,11,17,20H,1,8,10H2. The molecule has 0 bridgehead atoms. The third-order valence-corrected chi connectivity index (χ3v) is 3.68. The number of benzene rings is 2. The van der Waals surface area contributed by atoms with Crippen molar-refractivity contribution in [2.24, 2.45) is 0 Å². The van der Waals surface area contributed by atoms with Gasteiger partial charge in [0.1, 0.15) is 17.6 Å². The van der Waals surface area contributed by atoms with E-state index < -0.39 is 0 Å². The highest BCUT2D eigenvalue weighted by molar-refractivity contribution is 5.50. The van der Waals surface area contributed by atoms with Gasteiger partial charge in [0.15, 0.2) is 6.61 Å². The summed E-state index contributed by atoms with van der Waals surface area (Å²) >= 11 is 0. The SMILES string of the molecule is N#CCOc1ccc(NC2CCc3cc(F)ccc32)cc1. The third-order valence-electron chi connectivity index (χ3n) is 3.68. The Morgan fingerprint density at radius 3 is 2.81 bits per heavy atom. The van der Waals surface area contributed by atoms with Gasteiger partial charge >= 0.3 is 0 Å². The summed E-state index contributed by atoms with van der Waals surface area (Å²) in [7, 11) is 0. The fraction of sp³-hybridized carbons (Fsp3) is 0.235. The molecule has 0 radical (unpaired) electrons. The Labute approximate surface area is 123 Å². The molecule has 2 aromatic rings. The van der Waals surface area contributed by atoms with Crippen LogP contribution in [0.2, 0.25) is 0 Å². The molecule has 21 heavy (non-hydrogen) atoms. The van der Waals surface area contributed by atoms with Gasteiger partial charge in [-0.1, -0.05) is 6.07 Å². The van der Waals surface area contributed by atoms with Crippen LogP contribution >= 0.6 is 0 Å². The lowest BCUT2D eigenvalue weighted by Gasteiger charge is -2.16. The molecule has 0 spiro atoms. The minimum Gasteiger partial charge on any atom is -0.479 e. The first-order chi connectivity index (χ1) is 10.3. The summed E-state index contributed by atoms with van der Waals surface area (Å²) in [4.78, 5) is 0. The number of nitrogens with zero attached hydrogens (tertiary/aromatic N) is 1. The number of anilines is 1. The van der Waals surface area contributed by atoms with Crippen molar-refractivity contribution in [2.45, 2.75) is 18.9 Å². The molecule has 0 amide bonds. The van der Waals surface area contributed by atoms with E-state index >= 15 is 0 Å². The maximum absolute atomic E-state index is 13.2. The highest BCUT2D eigenvalue weighted by atomic mass is 19.1. The first-order valence-corrected chi connectivity index (χ1v) is 6.91. The highest BCUT2D eigenvalue weighted by Crippen LogP contribution is 2.34. The average Bonchev–Trinajstić information content (AvgIpc) is 2.88. The molecule has 1 aliphatic rings. The molecule has 3 nitrogen and oxygen atoms in total. The Kier molecular flexibility index (Phi) is 3.74. The molecule has 1 N–H and O–H groups in total. The summed E-state index contributed by atoms with van der Waals surface area (Å²) < 4.78 is 18.4. The minimum absolute atomic E-state index is 0.0499. The molecule has 106 valence electrons. The number of aryl methyl sites for hydroxylation is 1. The van der Waals surface area contributed by atoms with Crippen molar-refractivity contribution >= 4 is 5.69 Å². The Balaban J connectivity index is 1.70. The van der Waals surface area contributed by atoms with Gasteiger partial charge in [0, 0.05) is 5.69 Å². The van der Waals surface area contributed by atoms with Gasteiger partial charge in [-0.2, -0.15) is 5.26 Å². The Morgan fingerprint density at radius 2 is 2.05 bits per heavy atom. The van der Waals surface area contributed by atoms with Gasteiger partial charge in [-0.25, -0.2) is 4.39 Å². The molecule has 0 aliphatic heterocycles. The van der Waals surface area contributed by atoms with Crippen LogP contribution in [0.25, 0.3) is 0 Å². The summed E-state index contributed by atoms with van der Waals surface area (Å²) in [5, 5.41) is 11.9. The quantitative estimate of drug-likeness (QED) is 0.927. The second kappa shape index (κ2) is 5.84. The van der Waals surface area contributed by atoms with E-state index in [1.54, 1.807) is 6.07 Å². The molecule has 0 heterocycles. The van der Waals surface area contributed by atoms with Crippen LogP contribution in [0.3, 0.4) is 0 Å². The second-order valence-corrected chi connectivity index (χ2v) is 5.05. The Bertz CT molecular complexity index is 676. The lowest BCUT2D eigenvalue weighted by Crippen LogP contribution is -2.07. The van der Waals surface area contributed by atoms with E-state index in [9.17, 15) is 4.39 Å². The molecule has 0 fully saturated rings. The number of ether oxygens (including phenoxy) is 1. The highest BCUT2D eigenvalue weighted by Gasteiger charge is 2.22. The van der Waals surface area contributed by atoms with Crippen LogP contribution in [-0.4, -0.2) is 6.61 Å². The maximum Gasteiger partial charge on any atom is 0.174 e. The predicted octanol–water partition coefficient (Wildman–Crippen LogP) is 3.83. The minimum atomic E-state index is -0.173. The summed E-state index contributed by atoms with van der Waals surface area (Å²) in [6, 6.07) is 14.7. The number of rotatable bonds is 4. The molecule has 1 atom stereocenters. The molecule has 0 saturated carbocycles. The zero-order valence-corrected chi connectivity index (χ0v) is 11.5. The number of nitriles is 1. The topological polar surface area (TPSA) is 45.0 Å². The fourth-order valence-corrected chi connectivity index (χ4v) is 2.70. The van der Waals surface area contributed by atoms with E-state index in [1.807, 2.05) is 36.4 Å². The van der Waals surface area contributed by atoms with E-state index in [2.05, 4.69) is 5.32 Å². The van der Waals surface area contributed by atoms with Gasteiger partial charge in [-0.15, -0.1) is 0 Å². The Hall–Kier alpha value is -2.54. The van der Waals surface area contributed by atoms with Crippen LogP contribution in [0.5, 0.6) is 5.75 Å². The molecule has 0 aromatic heterocycles. The summed E-state index contributed by atoms with van der Waals surface area (Å²) in [6.07, 6.45) is 1.86. The van der Waals surface area contributed by atoms with Crippen molar-refractivity contribution in [1.29, 1.82) is 5.26 Å². The molecular formula is C17H15FN2O. The van der Waals surface area contributed by atoms with Gasteiger partial charge in [-0.05, 0) is 60.4 Å². The molecular weight excluding hydrogens is 267 g/mol. The molecule has 1 aliphatic carbocycles. The van der Waals surface area contributed by atoms with Crippen molar-refractivity contribution in [3.63, 3.8) is 0 Å². The van der Waals surface area contributed by atoms with Crippen LogP contribution < -0.4 is 10.1 Å². The number of fused-ring (bicyclic) bond motifs is 1.